The van der Waals surface area contributed by atoms with Gasteiger partial charge in [-0.2, -0.15) is 0 Å². The molecule has 0 aliphatic heterocycles. The molecule has 0 heterocycles. The van der Waals surface area contributed by atoms with E-state index in [1.165, 1.54) is 161 Å². The summed E-state index contributed by atoms with van der Waals surface area (Å²) in [6.07, 6.45) is 58.1. The Bertz CT molecular complexity index is 1880. The maximum Gasteiger partial charge on any atom is 0.472 e. The molecule has 0 aromatic heterocycles. The normalized spacial score (nSPS) is 14.5. The number of esters is 4. The SMILES string of the molecule is CCCCCC/C=C\C=C/CCCCCCCC(=O)OC[C@H](COP(=O)(O)OC[C@@H](O)COP(=O)(O)OC[C@@H](COC(=O)CCCCCCC)OC(=O)CCCCCCCCCCCCC(C)CC)OC(=O)CCCCCCCCCCCCCCCCCCCCC. The number of rotatable bonds is 72. The molecule has 19 heteroatoms. The van der Waals surface area contributed by atoms with Crippen LogP contribution in [0, 0.1) is 5.92 Å². The quantitative estimate of drug-likeness (QED) is 0.0169. The number of allylic oxidation sites excluding steroid dienone is 4. The molecule has 0 fully saturated rings. The molecular weight excluding hydrogens is 1220 g/mol. The Balaban J connectivity index is 5.18. The molecule has 0 radical (unpaired) electrons. The van der Waals surface area contributed by atoms with Crippen LogP contribution in [0.1, 0.15) is 362 Å². The number of hydrogen-bond donors (Lipinski definition) is 3. The summed E-state index contributed by atoms with van der Waals surface area (Å²) in [7, 11) is -9.91. The zero-order valence-electron chi connectivity index (χ0n) is 59.9. The zero-order chi connectivity index (χ0) is 68.4. The van der Waals surface area contributed by atoms with Gasteiger partial charge < -0.3 is 33.8 Å². The molecule has 3 N–H and O–H groups in total. The lowest BCUT2D eigenvalue weighted by atomic mass is 9.99. The first-order chi connectivity index (χ1) is 45.1. The van der Waals surface area contributed by atoms with E-state index in [2.05, 4.69) is 58.9 Å². The Morgan fingerprint density at radius 2 is 0.602 bits per heavy atom. The minimum absolute atomic E-state index is 0.102. The third-order valence-electron chi connectivity index (χ3n) is 17.0. The summed E-state index contributed by atoms with van der Waals surface area (Å²) in [6, 6.07) is 0. The van der Waals surface area contributed by atoms with Crippen molar-refractivity contribution in [2.75, 3.05) is 39.6 Å². The molecule has 0 saturated carbocycles. The van der Waals surface area contributed by atoms with Gasteiger partial charge in [0, 0.05) is 25.7 Å². The van der Waals surface area contributed by atoms with Crippen LogP contribution < -0.4 is 0 Å². The van der Waals surface area contributed by atoms with Gasteiger partial charge in [-0.1, -0.05) is 309 Å². The molecule has 3 unspecified atom stereocenters. The van der Waals surface area contributed by atoms with Gasteiger partial charge in [-0.3, -0.25) is 37.3 Å². The Morgan fingerprint density at radius 1 is 0.344 bits per heavy atom. The van der Waals surface area contributed by atoms with Crippen molar-refractivity contribution in [2.24, 2.45) is 5.92 Å². The smallest absolute Gasteiger partial charge is 0.462 e. The number of carbonyl (C=O) groups excluding carboxylic acids is 4. The first kappa shape index (κ1) is 90.5. The fraction of sp³-hybridized carbons (Fsp3) is 0.892. The lowest BCUT2D eigenvalue weighted by molar-refractivity contribution is -0.161. The summed E-state index contributed by atoms with van der Waals surface area (Å²) in [5, 5.41) is 10.6. The first-order valence-electron chi connectivity index (χ1n) is 38.0. The first-order valence-corrected chi connectivity index (χ1v) is 41.0. The maximum atomic E-state index is 13.0. The van der Waals surface area contributed by atoms with Crippen molar-refractivity contribution < 1.29 is 80.2 Å². The highest BCUT2D eigenvalue weighted by atomic mass is 31.2. The molecule has 548 valence electrons. The van der Waals surface area contributed by atoms with Crippen molar-refractivity contribution in [3.63, 3.8) is 0 Å². The number of phosphoric ester groups is 2. The van der Waals surface area contributed by atoms with Crippen LogP contribution in [0.5, 0.6) is 0 Å². The monoisotopic (exact) mass is 1360 g/mol. The summed E-state index contributed by atoms with van der Waals surface area (Å²) in [6.45, 7) is 7.14. The Hall–Kier alpha value is -2.46. The fourth-order valence-electron chi connectivity index (χ4n) is 10.8. The van der Waals surface area contributed by atoms with E-state index in [-0.39, 0.29) is 25.7 Å². The van der Waals surface area contributed by atoms with Crippen LogP contribution in [-0.2, 0) is 65.4 Å². The zero-order valence-corrected chi connectivity index (χ0v) is 61.7. The second-order valence-corrected chi connectivity index (χ2v) is 29.1. The lowest BCUT2D eigenvalue weighted by Gasteiger charge is -2.21. The summed E-state index contributed by atoms with van der Waals surface area (Å²) >= 11 is 0. The number of aliphatic hydroxyl groups excluding tert-OH is 1. The second-order valence-electron chi connectivity index (χ2n) is 26.2. The highest BCUT2D eigenvalue weighted by Crippen LogP contribution is 2.45. The number of phosphoric acid groups is 2. The molecule has 0 spiro atoms. The highest BCUT2D eigenvalue weighted by molar-refractivity contribution is 7.47. The van der Waals surface area contributed by atoms with Crippen molar-refractivity contribution in [1.29, 1.82) is 0 Å². The number of unbranched alkanes of at least 4 members (excludes halogenated alkanes) is 40. The van der Waals surface area contributed by atoms with Gasteiger partial charge in [0.05, 0.1) is 26.4 Å². The summed E-state index contributed by atoms with van der Waals surface area (Å²) in [5.74, 6) is -1.36. The summed E-state index contributed by atoms with van der Waals surface area (Å²) in [5.41, 5.74) is 0. The molecule has 0 aromatic rings. The summed E-state index contributed by atoms with van der Waals surface area (Å²) in [4.78, 5) is 72.4. The van der Waals surface area contributed by atoms with Crippen LogP contribution in [0.4, 0.5) is 0 Å². The standard InChI is InChI=1S/C74H140O17P2/c1-6-10-13-16-18-20-22-24-26-27-28-29-31-33-35-40-44-49-54-59-74(79)91-70(64-85-72(77)58-53-48-43-39-34-32-30-25-23-21-19-17-14-11-7-2)66-89-93(82,83)87-62-68(75)61-86-92(80,81)88-65-69(63-84-71(76)57-52-46-15-12-8-3)90-73(78)60-55-50-45-41-37-36-38-42-47-51-56-67(5)9-4/h21,23,25,30,67-70,75H,6-20,22,24,26-29,31-66H2,1-5H3,(H,80,81)(H,82,83)/b23-21-,30-25-/t67?,68-,69+,70+/m0/s1. The van der Waals surface area contributed by atoms with Crippen LogP contribution in [-0.4, -0.2) is 96.7 Å². The Kier molecular flexibility index (Phi) is 65.0. The van der Waals surface area contributed by atoms with E-state index in [0.29, 0.717) is 25.7 Å². The third-order valence-corrected chi connectivity index (χ3v) is 18.9. The van der Waals surface area contributed by atoms with Gasteiger partial charge in [0.15, 0.2) is 12.2 Å². The minimum Gasteiger partial charge on any atom is -0.462 e. The largest absolute Gasteiger partial charge is 0.472 e. The molecule has 0 amide bonds. The van der Waals surface area contributed by atoms with Crippen molar-refractivity contribution in [3.05, 3.63) is 24.3 Å². The average Bonchev–Trinajstić information content (AvgIpc) is 2.55. The van der Waals surface area contributed by atoms with E-state index in [9.17, 15) is 43.2 Å². The minimum atomic E-state index is -4.96. The molecule has 0 rings (SSSR count). The van der Waals surface area contributed by atoms with E-state index in [0.717, 1.165) is 121 Å². The summed E-state index contributed by atoms with van der Waals surface area (Å²) < 4.78 is 68.2. The number of aliphatic hydroxyl groups is 1. The number of carbonyl (C=O) groups is 4. The van der Waals surface area contributed by atoms with Gasteiger partial charge in [0.2, 0.25) is 0 Å². The van der Waals surface area contributed by atoms with Gasteiger partial charge in [-0.05, 0) is 57.3 Å². The van der Waals surface area contributed by atoms with Crippen LogP contribution in [0.2, 0.25) is 0 Å². The van der Waals surface area contributed by atoms with E-state index in [1.54, 1.807) is 0 Å². The molecule has 6 atom stereocenters. The molecule has 17 nitrogen and oxygen atoms in total. The van der Waals surface area contributed by atoms with Crippen LogP contribution in [0.25, 0.3) is 0 Å². The number of hydrogen-bond acceptors (Lipinski definition) is 15. The third kappa shape index (κ3) is 66.6. The molecule has 0 aromatic carbocycles. The Morgan fingerprint density at radius 3 is 0.914 bits per heavy atom. The second kappa shape index (κ2) is 66.8. The number of ether oxygens (including phenoxy) is 4. The highest BCUT2D eigenvalue weighted by Gasteiger charge is 2.30. The van der Waals surface area contributed by atoms with Crippen LogP contribution in [0.3, 0.4) is 0 Å². The van der Waals surface area contributed by atoms with Gasteiger partial charge in [0.1, 0.15) is 19.3 Å². The van der Waals surface area contributed by atoms with Gasteiger partial charge >= 0.3 is 39.5 Å². The van der Waals surface area contributed by atoms with Gasteiger partial charge in [0.25, 0.3) is 0 Å². The van der Waals surface area contributed by atoms with E-state index < -0.39 is 97.5 Å². The van der Waals surface area contributed by atoms with E-state index >= 15 is 0 Å². The predicted molar refractivity (Wildman–Crippen MR) is 377 cm³/mol. The predicted octanol–water partition coefficient (Wildman–Crippen LogP) is 21.2. The molecule has 0 aliphatic carbocycles. The molecule has 0 aliphatic rings. The van der Waals surface area contributed by atoms with Crippen molar-refractivity contribution in [3.8, 4) is 0 Å². The van der Waals surface area contributed by atoms with Crippen LogP contribution in [0.15, 0.2) is 24.3 Å². The molecule has 0 saturated heterocycles. The fourth-order valence-corrected chi connectivity index (χ4v) is 12.4. The van der Waals surface area contributed by atoms with Gasteiger partial charge in [-0.25, -0.2) is 9.13 Å². The van der Waals surface area contributed by atoms with Crippen molar-refractivity contribution in [2.45, 2.75) is 380 Å². The van der Waals surface area contributed by atoms with E-state index in [1.807, 2.05) is 0 Å². The van der Waals surface area contributed by atoms with Crippen LogP contribution >= 0.6 is 15.6 Å². The Labute approximate surface area is 567 Å². The van der Waals surface area contributed by atoms with E-state index in [4.69, 9.17) is 37.0 Å². The molecule has 93 heavy (non-hydrogen) atoms. The average molecular weight is 1360 g/mol. The maximum absolute atomic E-state index is 13.0. The van der Waals surface area contributed by atoms with Gasteiger partial charge in [-0.15, -0.1) is 0 Å². The van der Waals surface area contributed by atoms with Crippen molar-refractivity contribution in [1.82, 2.24) is 0 Å². The molecular formula is C74H140O17P2. The lowest BCUT2D eigenvalue weighted by Crippen LogP contribution is -2.30. The van der Waals surface area contributed by atoms with Crippen molar-refractivity contribution >= 4 is 39.5 Å². The topological polar surface area (TPSA) is 237 Å². The molecule has 0 bridgehead atoms.